The van der Waals surface area contributed by atoms with E-state index in [1.807, 2.05) is 7.05 Å². The summed E-state index contributed by atoms with van der Waals surface area (Å²) >= 11 is 0. The van der Waals surface area contributed by atoms with E-state index in [4.69, 9.17) is 16.9 Å². The molecule has 0 atom stereocenters. The fraction of sp³-hybridized carbons (Fsp3) is 0.167. The summed E-state index contributed by atoms with van der Waals surface area (Å²) in [6, 6.07) is 1.72. The van der Waals surface area contributed by atoms with Gasteiger partial charge in [-0.1, -0.05) is 0 Å². The third-order valence-corrected chi connectivity index (χ3v) is 1.41. The zero-order chi connectivity index (χ0) is 7.72. The van der Waals surface area contributed by atoms with Crippen molar-refractivity contribution in [2.24, 2.45) is 12.8 Å². The van der Waals surface area contributed by atoms with E-state index >= 15 is 0 Å². The molecule has 54 valence electrons. The lowest BCUT2D eigenvalue weighted by molar-refractivity contribution is 0.940. The molecule has 0 saturated heterocycles. The number of aryl methyl sites for hydroxylation is 1. The fourth-order valence-electron chi connectivity index (χ4n) is 0.770. The van der Waals surface area contributed by atoms with Gasteiger partial charge in [-0.25, -0.2) is 0 Å². The normalized spacial score (nSPS) is 9.70. The SMILES string of the molecule is Cn1ccc(C(=N)N)c1N. The summed E-state index contributed by atoms with van der Waals surface area (Å²) < 4.78 is 1.72. The lowest BCUT2D eigenvalue weighted by atomic mass is 10.3. The minimum absolute atomic E-state index is 0.0121. The van der Waals surface area contributed by atoms with Crippen molar-refractivity contribution in [3.63, 3.8) is 0 Å². The summed E-state index contributed by atoms with van der Waals surface area (Å²) in [6.07, 6.45) is 1.77. The highest BCUT2D eigenvalue weighted by molar-refractivity contribution is 5.99. The van der Waals surface area contributed by atoms with Crippen LogP contribution in [0.5, 0.6) is 0 Å². The van der Waals surface area contributed by atoms with E-state index in [0.717, 1.165) is 0 Å². The van der Waals surface area contributed by atoms with E-state index < -0.39 is 0 Å². The zero-order valence-electron chi connectivity index (χ0n) is 5.76. The Labute approximate surface area is 58.9 Å². The van der Waals surface area contributed by atoms with E-state index in [0.29, 0.717) is 11.4 Å². The van der Waals surface area contributed by atoms with Crippen molar-refractivity contribution >= 4 is 11.7 Å². The molecule has 0 unspecified atom stereocenters. The monoisotopic (exact) mass is 138 g/mol. The molecule has 4 nitrogen and oxygen atoms in total. The van der Waals surface area contributed by atoms with Gasteiger partial charge in [0.1, 0.15) is 11.7 Å². The standard InChI is InChI=1S/C6H10N4/c1-10-3-2-4(5(7)8)6(10)9/h2-3H,9H2,1H3,(H3,7,8). The van der Waals surface area contributed by atoms with Crippen LogP contribution in [0.3, 0.4) is 0 Å². The van der Waals surface area contributed by atoms with Crippen LogP contribution >= 0.6 is 0 Å². The summed E-state index contributed by atoms with van der Waals surface area (Å²) in [5.41, 5.74) is 11.4. The molecular weight excluding hydrogens is 128 g/mol. The highest BCUT2D eigenvalue weighted by atomic mass is 15.0. The Hall–Kier alpha value is -1.45. The molecule has 1 rings (SSSR count). The van der Waals surface area contributed by atoms with Crippen LogP contribution in [0, 0.1) is 5.41 Å². The summed E-state index contributed by atoms with van der Waals surface area (Å²) in [5, 5.41) is 7.07. The van der Waals surface area contributed by atoms with Crippen molar-refractivity contribution in [3.8, 4) is 0 Å². The highest BCUT2D eigenvalue weighted by Gasteiger charge is 2.03. The molecule has 0 aliphatic carbocycles. The van der Waals surface area contributed by atoms with Crippen LogP contribution in [0.4, 0.5) is 5.82 Å². The van der Waals surface area contributed by atoms with E-state index in [1.165, 1.54) is 0 Å². The Balaban J connectivity index is 3.17. The Morgan fingerprint density at radius 3 is 2.50 bits per heavy atom. The van der Waals surface area contributed by atoms with Crippen LogP contribution in [-0.4, -0.2) is 10.4 Å². The van der Waals surface area contributed by atoms with Gasteiger partial charge in [-0.2, -0.15) is 0 Å². The number of nitrogens with one attached hydrogen (secondary N) is 1. The molecule has 0 radical (unpaired) electrons. The van der Waals surface area contributed by atoms with Gasteiger partial charge in [-0.05, 0) is 6.07 Å². The Morgan fingerprint density at radius 1 is 1.70 bits per heavy atom. The molecule has 0 bridgehead atoms. The molecule has 0 saturated carbocycles. The van der Waals surface area contributed by atoms with Crippen molar-refractivity contribution in [2.45, 2.75) is 0 Å². The fourth-order valence-corrected chi connectivity index (χ4v) is 0.770. The van der Waals surface area contributed by atoms with Crippen LogP contribution in [0.2, 0.25) is 0 Å². The van der Waals surface area contributed by atoms with Gasteiger partial charge in [0.2, 0.25) is 0 Å². The molecule has 0 aliphatic rings. The van der Waals surface area contributed by atoms with Crippen LogP contribution in [0.15, 0.2) is 12.3 Å². The summed E-state index contributed by atoms with van der Waals surface area (Å²) in [5.74, 6) is 0.547. The van der Waals surface area contributed by atoms with Crippen LogP contribution in [0.25, 0.3) is 0 Å². The highest BCUT2D eigenvalue weighted by Crippen LogP contribution is 2.09. The van der Waals surface area contributed by atoms with Crippen LogP contribution in [-0.2, 0) is 7.05 Å². The Kier molecular flexibility index (Phi) is 1.37. The van der Waals surface area contributed by atoms with Crippen molar-refractivity contribution in [1.82, 2.24) is 4.57 Å². The smallest absolute Gasteiger partial charge is 0.126 e. The average Bonchev–Trinajstić information content (AvgIpc) is 2.14. The number of nitrogens with two attached hydrogens (primary N) is 2. The number of aromatic nitrogens is 1. The summed E-state index contributed by atoms with van der Waals surface area (Å²) in [7, 11) is 1.81. The number of rotatable bonds is 1. The molecule has 0 aromatic carbocycles. The van der Waals surface area contributed by atoms with Crippen molar-refractivity contribution in [3.05, 3.63) is 17.8 Å². The predicted octanol–water partition coefficient (Wildman–Crippen LogP) is -0.109. The first-order chi connectivity index (χ1) is 4.63. The quantitative estimate of drug-likeness (QED) is 0.374. The predicted molar refractivity (Wildman–Crippen MR) is 40.8 cm³/mol. The van der Waals surface area contributed by atoms with Crippen molar-refractivity contribution in [1.29, 1.82) is 5.41 Å². The number of hydrogen-bond donors (Lipinski definition) is 3. The first-order valence-electron chi connectivity index (χ1n) is 2.88. The molecule has 4 heteroatoms. The van der Waals surface area contributed by atoms with Gasteiger partial charge >= 0.3 is 0 Å². The van der Waals surface area contributed by atoms with E-state index in [9.17, 15) is 0 Å². The Bertz CT molecular complexity index is 261. The number of hydrogen-bond acceptors (Lipinski definition) is 2. The lowest BCUT2D eigenvalue weighted by Crippen LogP contribution is -2.12. The molecule has 1 aromatic heterocycles. The Morgan fingerprint density at radius 2 is 2.30 bits per heavy atom. The second-order valence-electron chi connectivity index (χ2n) is 2.14. The molecule has 1 aromatic rings. The topological polar surface area (TPSA) is 80.8 Å². The maximum atomic E-state index is 7.07. The van der Waals surface area contributed by atoms with E-state index in [1.54, 1.807) is 16.8 Å². The van der Waals surface area contributed by atoms with E-state index in [2.05, 4.69) is 0 Å². The molecule has 0 spiro atoms. The van der Waals surface area contributed by atoms with Crippen molar-refractivity contribution in [2.75, 3.05) is 5.73 Å². The van der Waals surface area contributed by atoms with Gasteiger partial charge in [0, 0.05) is 13.2 Å². The molecular formula is C6H10N4. The largest absolute Gasteiger partial charge is 0.384 e. The van der Waals surface area contributed by atoms with E-state index in [-0.39, 0.29) is 5.84 Å². The maximum absolute atomic E-state index is 7.07. The minimum atomic E-state index is 0.0121. The van der Waals surface area contributed by atoms with Gasteiger partial charge < -0.3 is 16.0 Å². The third-order valence-electron chi connectivity index (χ3n) is 1.41. The molecule has 0 fully saturated rings. The van der Waals surface area contributed by atoms with Gasteiger partial charge in [0.15, 0.2) is 0 Å². The molecule has 5 N–H and O–H groups in total. The second kappa shape index (κ2) is 2.06. The minimum Gasteiger partial charge on any atom is -0.384 e. The zero-order valence-corrected chi connectivity index (χ0v) is 5.76. The second-order valence-corrected chi connectivity index (χ2v) is 2.14. The number of amidine groups is 1. The average molecular weight is 138 g/mol. The van der Waals surface area contributed by atoms with Gasteiger partial charge in [-0.15, -0.1) is 0 Å². The molecule has 0 aliphatic heterocycles. The number of nitrogens with zero attached hydrogens (tertiary/aromatic N) is 1. The third kappa shape index (κ3) is 0.834. The number of anilines is 1. The van der Waals surface area contributed by atoms with Gasteiger partial charge in [0.25, 0.3) is 0 Å². The number of nitrogen functional groups attached to an aromatic ring is 2. The van der Waals surface area contributed by atoms with Crippen LogP contribution < -0.4 is 11.5 Å². The maximum Gasteiger partial charge on any atom is 0.126 e. The van der Waals surface area contributed by atoms with Gasteiger partial charge in [0.05, 0.1) is 5.56 Å². The van der Waals surface area contributed by atoms with Crippen molar-refractivity contribution < 1.29 is 0 Å². The van der Waals surface area contributed by atoms with Gasteiger partial charge in [-0.3, -0.25) is 5.41 Å². The molecule has 10 heavy (non-hydrogen) atoms. The first-order valence-corrected chi connectivity index (χ1v) is 2.88. The summed E-state index contributed by atoms with van der Waals surface area (Å²) in [4.78, 5) is 0. The molecule has 0 amide bonds. The lowest BCUT2D eigenvalue weighted by Gasteiger charge is -1.97. The first kappa shape index (κ1) is 6.67. The molecule has 1 heterocycles. The summed E-state index contributed by atoms with van der Waals surface area (Å²) in [6.45, 7) is 0. The van der Waals surface area contributed by atoms with Crippen LogP contribution in [0.1, 0.15) is 5.56 Å².